The number of esters is 1. The highest BCUT2D eigenvalue weighted by Gasteiger charge is 2.10. The van der Waals surface area contributed by atoms with Crippen molar-refractivity contribution >= 4 is 28.8 Å². The number of methoxy groups -OCH3 is 1. The summed E-state index contributed by atoms with van der Waals surface area (Å²) in [5.74, 6) is -0.0381. The van der Waals surface area contributed by atoms with Crippen LogP contribution >= 0.6 is 11.3 Å². The topological polar surface area (TPSA) is 90.1 Å². The minimum atomic E-state index is -0.492. The number of thiazole rings is 1. The predicted molar refractivity (Wildman–Crippen MR) is 74.2 cm³/mol. The van der Waals surface area contributed by atoms with E-state index in [4.69, 9.17) is 5.73 Å². The zero-order valence-corrected chi connectivity index (χ0v) is 11.5. The van der Waals surface area contributed by atoms with Crippen LogP contribution < -0.4 is 11.1 Å². The number of nitrogen functional groups attached to an aromatic ring is 1. The molecule has 0 aliphatic carbocycles. The Morgan fingerprint density at radius 1 is 1.53 bits per heavy atom. The number of aromatic nitrogens is 2. The summed E-state index contributed by atoms with van der Waals surface area (Å²) in [6.45, 7) is 2.51. The first kappa shape index (κ1) is 13.3. The quantitative estimate of drug-likeness (QED) is 0.829. The van der Waals surface area contributed by atoms with E-state index in [0.717, 1.165) is 9.88 Å². The molecule has 6 nitrogen and oxygen atoms in total. The summed E-state index contributed by atoms with van der Waals surface area (Å²) >= 11 is 1.59. The predicted octanol–water partition coefficient (Wildman–Crippen LogP) is 1.83. The Kier molecular flexibility index (Phi) is 3.96. The van der Waals surface area contributed by atoms with Crippen molar-refractivity contribution in [2.45, 2.75) is 13.5 Å². The number of pyridine rings is 1. The first-order valence-electron chi connectivity index (χ1n) is 5.60. The van der Waals surface area contributed by atoms with Gasteiger partial charge in [0.1, 0.15) is 5.01 Å². The number of carbonyl (C=O) groups is 1. The Morgan fingerprint density at radius 2 is 2.32 bits per heavy atom. The van der Waals surface area contributed by atoms with Gasteiger partial charge in [0.25, 0.3) is 0 Å². The lowest BCUT2D eigenvalue weighted by atomic mass is 10.3. The first-order valence-corrected chi connectivity index (χ1v) is 6.42. The lowest BCUT2D eigenvalue weighted by Gasteiger charge is -2.08. The molecule has 2 heterocycles. The number of nitrogens with zero attached hydrogens (tertiary/aromatic N) is 2. The van der Waals surface area contributed by atoms with Gasteiger partial charge in [0.05, 0.1) is 19.3 Å². The van der Waals surface area contributed by atoms with Gasteiger partial charge in [0.2, 0.25) is 0 Å². The van der Waals surface area contributed by atoms with E-state index in [9.17, 15) is 4.79 Å². The van der Waals surface area contributed by atoms with Gasteiger partial charge in [-0.25, -0.2) is 14.8 Å². The molecule has 0 aromatic carbocycles. The van der Waals surface area contributed by atoms with Crippen LogP contribution in [-0.4, -0.2) is 23.0 Å². The number of hydrogen-bond donors (Lipinski definition) is 2. The summed E-state index contributed by atoms with van der Waals surface area (Å²) < 4.78 is 4.62. The fourth-order valence-corrected chi connectivity index (χ4v) is 2.20. The molecule has 2 aromatic rings. The summed E-state index contributed by atoms with van der Waals surface area (Å²) in [6.07, 6.45) is 1.81. The van der Waals surface area contributed by atoms with Crippen LogP contribution in [0, 0.1) is 6.92 Å². The van der Waals surface area contributed by atoms with E-state index < -0.39 is 5.97 Å². The summed E-state index contributed by atoms with van der Waals surface area (Å²) in [6, 6.07) is 3.15. The van der Waals surface area contributed by atoms with Crippen LogP contribution in [0.5, 0.6) is 0 Å². The van der Waals surface area contributed by atoms with Crippen LogP contribution in [-0.2, 0) is 11.3 Å². The maximum atomic E-state index is 11.4. The summed E-state index contributed by atoms with van der Waals surface area (Å²) in [4.78, 5) is 20.9. The summed E-state index contributed by atoms with van der Waals surface area (Å²) in [5.41, 5.74) is 6.50. The third-order valence-corrected chi connectivity index (χ3v) is 3.31. The van der Waals surface area contributed by atoms with Crippen molar-refractivity contribution in [1.82, 2.24) is 9.97 Å². The second kappa shape index (κ2) is 5.66. The number of ether oxygens (including phenoxy) is 1. The molecule has 0 fully saturated rings. The van der Waals surface area contributed by atoms with Crippen molar-refractivity contribution in [3.05, 3.63) is 33.9 Å². The van der Waals surface area contributed by atoms with Gasteiger partial charge in [-0.1, -0.05) is 0 Å². The standard InChI is InChI=1S/C12H14N4O2S/c1-7-5-14-10(19-7)6-15-11-8(13)3-4-9(16-11)12(17)18-2/h3-5H,6,13H2,1-2H3,(H,15,16). The van der Waals surface area contributed by atoms with Crippen LogP contribution in [0.2, 0.25) is 0 Å². The maximum absolute atomic E-state index is 11.4. The average molecular weight is 278 g/mol. The van der Waals surface area contributed by atoms with E-state index in [0.29, 0.717) is 18.1 Å². The molecule has 100 valence electrons. The van der Waals surface area contributed by atoms with E-state index in [1.54, 1.807) is 17.4 Å². The average Bonchev–Trinajstić information content (AvgIpc) is 2.82. The zero-order chi connectivity index (χ0) is 13.8. The van der Waals surface area contributed by atoms with Crippen molar-refractivity contribution in [2.75, 3.05) is 18.2 Å². The number of carbonyl (C=O) groups excluding carboxylic acids is 1. The highest BCUT2D eigenvalue weighted by molar-refractivity contribution is 7.11. The van der Waals surface area contributed by atoms with Crippen LogP contribution in [0.15, 0.2) is 18.3 Å². The Morgan fingerprint density at radius 3 is 2.95 bits per heavy atom. The molecule has 0 spiro atoms. The number of aryl methyl sites for hydroxylation is 1. The molecule has 0 unspecified atom stereocenters. The van der Waals surface area contributed by atoms with Crippen LogP contribution in [0.25, 0.3) is 0 Å². The van der Waals surface area contributed by atoms with Crippen LogP contribution in [0.1, 0.15) is 20.4 Å². The summed E-state index contributed by atoms with van der Waals surface area (Å²) in [5, 5.41) is 4.00. The van der Waals surface area contributed by atoms with Gasteiger partial charge < -0.3 is 15.8 Å². The van der Waals surface area contributed by atoms with E-state index >= 15 is 0 Å². The lowest BCUT2D eigenvalue weighted by molar-refractivity contribution is 0.0594. The number of hydrogen-bond acceptors (Lipinski definition) is 7. The van der Waals surface area contributed by atoms with Gasteiger partial charge in [0.15, 0.2) is 11.5 Å². The Hall–Kier alpha value is -2.15. The molecule has 0 saturated carbocycles. The number of anilines is 2. The largest absolute Gasteiger partial charge is 0.464 e. The molecular formula is C12H14N4O2S. The maximum Gasteiger partial charge on any atom is 0.356 e. The van der Waals surface area contributed by atoms with E-state index in [2.05, 4.69) is 20.0 Å². The van der Waals surface area contributed by atoms with Crippen molar-refractivity contribution in [2.24, 2.45) is 0 Å². The fraction of sp³-hybridized carbons (Fsp3) is 0.250. The van der Waals surface area contributed by atoms with Crippen LogP contribution in [0.3, 0.4) is 0 Å². The molecule has 0 radical (unpaired) electrons. The Bertz CT molecular complexity index is 597. The monoisotopic (exact) mass is 278 g/mol. The van der Waals surface area contributed by atoms with E-state index in [1.165, 1.54) is 13.2 Å². The molecule has 2 rings (SSSR count). The molecule has 7 heteroatoms. The van der Waals surface area contributed by atoms with Gasteiger partial charge in [0, 0.05) is 11.1 Å². The molecule has 2 aromatic heterocycles. The zero-order valence-electron chi connectivity index (χ0n) is 10.6. The summed E-state index contributed by atoms with van der Waals surface area (Å²) in [7, 11) is 1.31. The number of nitrogens with two attached hydrogens (primary N) is 1. The highest BCUT2D eigenvalue weighted by atomic mass is 32.1. The first-order chi connectivity index (χ1) is 9.10. The second-order valence-electron chi connectivity index (χ2n) is 3.84. The Labute approximate surface area is 114 Å². The van der Waals surface area contributed by atoms with Crippen molar-refractivity contribution in [3.63, 3.8) is 0 Å². The smallest absolute Gasteiger partial charge is 0.356 e. The third-order valence-electron chi connectivity index (χ3n) is 2.40. The van der Waals surface area contributed by atoms with E-state index in [-0.39, 0.29) is 5.69 Å². The molecule has 0 aliphatic rings. The van der Waals surface area contributed by atoms with Crippen molar-refractivity contribution in [1.29, 1.82) is 0 Å². The lowest BCUT2D eigenvalue weighted by Crippen LogP contribution is -2.09. The van der Waals surface area contributed by atoms with Crippen LogP contribution in [0.4, 0.5) is 11.5 Å². The van der Waals surface area contributed by atoms with Gasteiger partial charge in [-0.3, -0.25) is 0 Å². The number of rotatable bonds is 4. The fourth-order valence-electron chi connectivity index (χ4n) is 1.47. The third kappa shape index (κ3) is 3.19. The second-order valence-corrected chi connectivity index (χ2v) is 5.16. The molecule has 0 atom stereocenters. The van der Waals surface area contributed by atoms with Gasteiger partial charge in [-0.05, 0) is 19.1 Å². The molecule has 0 bridgehead atoms. The minimum absolute atomic E-state index is 0.217. The van der Waals surface area contributed by atoms with Gasteiger partial charge >= 0.3 is 5.97 Å². The number of nitrogens with one attached hydrogen (secondary N) is 1. The molecular weight excluding hydrogens is 264 g/mol. The van der Waals surface area contributed by atoms with Crippen molar-refractivity contribution < 1.29 is 9.53 Å². The highest BCUT2D eigenvalue weighted by Crippen LogP contribution is 2.18. The van der Waals surface area contributed by atoms with Crippen molar-refractivity contribution in [3.8, 4) is 0 Å². The molecule has 0 aliphatic heterocycles. The molecule has 0 amide bonds. The minimum Gasteiger partial charge on any atom is -0.464 e. The molecule has 19 heavy (non-hydrogen) atoms. The van der Waals surface area contributed by atoms with E-state index in [1.807, 2.05) is 13.1 Å². The Balaban J connectivity index is 2.12. The van der Waals surface area contributed by atoms with Gasteiger partial charge in [-0.15, -0.1) is 11.3 Å². The normalized spacial score (nSPS) is 10.2. The SMILES string of the molecule is COC(=O)c1ccc(N)c(NCc2ncc(C)s2)n1. The van der Waals surface area contributed by atoms with Gasteiger partial charge in [-0.2, -0.15) is 0 Å². The molecule has 3 N–H and O–H groups in total. The molecule has 0 saturated heterocycles.